The summed E-state index contributed by atoms with van der Waals surface area (Å²) in [4.78, 5) is 11.9. The Labute approximate surface area is 163 Å². The summed E-state index contributed by atoms with van der Waals surface area (Å²) in [6.45, 7) is 0.484. The van der Waals surface area contributed by atoms with Gasteiger partial charge in [0.25, 0.3) is 5.92 Å². The zero-order valence-corrected chi connectivity index (χ0v) is 15.6. The first-order valence-electron chi connectivity index (χ1n) is 8.66. The van der Waals surface area contributed by atoms with Gasteiger partial charge in [0.1, 0.15) is 12.4 Å². The first-order chi connectivity index (χ1) is 12.5. The summed E-state index contributed by atoms with van der Waals surface area (Å²) in [6, 6.07) is 16.8. The predicted octanol–water partition coefficient (Wildman–Crippen LogP) is 3.34. The van der Waals surface area contributed by atoms with E-state index >= 15 is 0 Å². The molecule has 27 heavy (non-hydrogen) atoms. The van der Waals surface area contributed by atoms with Crippen LogP contribution >= 0.6 is 12.4 Å². The fourth-order valence-electron chi connectivity index (χ4n) is 2.85. The largest absolute Gasteiger partial charge is 0.489 e. The minimum absolute atomic E-state index is 0. The van der Waals surface area contributed by atoms with Gasteiger partial charge in [0.15, 0.2) is 0 Å². The smallest absolute Gasteiger partial charge is 0.262 e. The van der Waals surface area contributed by atoms with Crippen molar-refractivity contribution in [1.29, 1.82) is 0 Å². The Bertz CT molecular complexity index is 727. The molecule has 1 fully saturated rings. The number of hydrogen-bond donors (Lipinski definition) is 2. The zero-order chi connectivity index (χ0) is 18.4. The average molecular weight is 397 g/mol. The minimum Gasteiger partial charge on any atom is -0.489 e. The standard InChI is InChI=1S/C20H22F2N2O2.ClH/c21-20(22)12-18(24-14-20)19(25)23-11-10-15-6-8-17(9-7-15)26-13-16-4-2-1-3-5-16;/h1-9,18,24H,10-14H2,(H,23,25);1H. The Balaban J connectivity index is 0.00000261. The molecular formula is C20H23ClF2N2O2. The van der Waals surface area contributed by atoms with Crippen molar-refractivity contribution in [3.8, 4) is 5.75 Å². The third-order valence-electron chi connectivity index (χ3n) is 4.31. The lowest BCUT2D eigenvalue weighted by atomic mass is 10.1. The van der Waals surface area contributed by atoms with Crippen molar-refractivity contribution in [2.45, 2.75) is 31.4 Å². The summed E-state index contributed by atoms with van der Waals surface area (Å²) in [6.07, 6.45) is 0.195. The van der Waals surface area contributed by atoms with Crippen LogP contribution in [0, 0.1) is 0 Å². The Morgan fingerprint density at radius 1 is 1.11 bits per heavy atom. The number of benzene rings is 2. The van der Waals surface area contributed by atoms with Gasteiger partial charge in [0, 0.05) is 13.0 Å². The molecule has 146 valence electrons. The number of ether oxygens (including phenoxy) is 1. The summed E-state index contributed by atoms with van der Waals surface area (Å²) in [5.41, 5.74) is 2.15. The molecular weight excluding hydrogens is 374 g/mol. The molecule has 2 N–H and O–H groups in total. The number of alkyl halides is 2. The fraction of sp³-hybridized carbons (Fsp3) is 0.350. The van der Waals surface area contributed by atoms with Crippen LogP contribution in [0.4, 0.5) is 8.78 Å². The number of amides is 1. The maximum atomic E-state index is 13.1. The second-order valence-electron chi connectivity index (χ2n) is 6.45. The van der Waals surface area contributed by atoms with Gasteiger partial charge in [-0.3, -0.25) is 10.1 Å². The molecule has 1 unspecified atom stereocenters. The monoisotopic (exact) mass is 396 g/mol. The number of carbonyl (C=O) groups excluding carboxylic acids is 1. The molecule has 1 atom stereocenters. The molecule has 0 aromatic heterocycles. The molecule has 0 radical (unpaired) electrons. The lowest BCUT2D eigenvalue weighted by molar-refractivity contribution is -0.123. The quantitative estimate of drug-likeness (QED) is 0.754. The number of carbonyl (C=O) groups is 1. The van der Waals surface area contributed by atoms with Crippen molar-refractivity contribution in [3.05, 3.63) is 65.7 Å². The number of nitrogens with one attached hydrogen (secondary N) is 2. The van der Waals surface area contributed by atoms with E-state index in [9.17, 15) is 13.6 Å². The van der Waals surface area contributed by atoms with Crippen LogP contribution in [0.1, 0.15) is 17.5 Å². The van der Waals surface area contributed by atoms with Crippen molar-refractivity contribution in [2.24, 2.45) is 0 Å². The molecule has 1 heterocycles. The maximum Gasteiger partial charge on any atom is 0.262 e. The normalized spacial score (nSPS) is 17.8. The van der Waals surface area contributed by atoms with E-state index < -0.39 is 24.9 Å². The van der Waals surface area contributed by atoms with Crippen LogP contribution in [0.5, 0.6) is 5.75 Å². The third-order valence-corrected chi connectivity index (χ3v) is 4.31. The zero-order valence-electron chi connectivity index (χ0n) is 14.8. The molecule has 1 amide bonds. The third kappa shape index (κ3) is 6.48. The fourth-order valence-corrected chi connectivity index (χ4v) is 2.85. The van der Waals surface area contributed by atoms with Crippen molar-refractivity contribution in [3.63, 3.8) is 0 Å². The number of rotatable bonds is 7. The Morgan fingerprint density at radius 3 is 2.44 bits per heavy atom. The maximum absolute atomic E-state index is 13.1. The highest BCUT2D eigenvalue weighted by Crippen LogP contribution is 2.25. The van der Waals surface area contributed by atoms with Gasteiger partial charge < -0.3 is 10.1 Å². The first-order valence-corrected chi connectivity index (χ1v) is 8.66. The Kier molecular flexibility index (Phi) is 7.56. The van der Waals surface area contributed by atoms with Gasteiger partial charge in [-0.1, -0.05) is 42.5 Å². The molecule has 1 aliphatic rings. The topological polar surface area (TPSA) is 50.4 Å². The van der Waals surface area contributed by atoms with E-state index in [1.54, 1.807) is 0 Å². The van der Waals surface area contributed by atoms with Gasteiger partial charge in [-0.25, -0.2) is 8.78 Å². The Morgan fingerprint density at radius 2 is 1.81 bits per heavy atom. The van der Waals surface area contributed by atoms with Gasteiger partial charge in [-0.05, 0) is 29.7 Å². The summed E-state index contributed by atoms with van der Waals surface area (Å²) < 4.78 is 31.9. The molecule has 2 aromatic rings. The van der Waals surface area contributed by atoms with E-state index in [0.29, 0.717) is 19.6 Å². The summed E-state index contributed by atoms with van der Waals surface area (Å²) in [5, 5.41) is 5.26. The van der Waals surface area contributed by atoms with E-state index in [1.165, 1.54) is 0 Å². The molecule has 4 nitrogen and oxygen atoms in total. The molecule has 3 rings (SSSR count). The van der Waals surface area contributed by atoms with Crippen LogP contribution < -0.4 is 15.4 Å². The van der Waals surface area contributed by atoms with Gasteiger partial charge >= 0.3 is 0 Å². The van der Waals surface area contributed by atoms with E-state index in [1.807, 2.05) is 54.6 Å². The summed E-state index contributed by atoms with van der Waals surface area (Å²) >= 11 is 0. The molecule has 0 bridgehead atoms. The van der Waals surface area contributed by atoms with Crippen LogP contribution in [-0.4, -0.2) is 31.0 Å². The van der Waals surface area contributed by atoms with Crippen molar-refractivity contribution in [2.75, 3.05) is 13.1 Å². The molecule has 0 saturated carbocycles. The van der Waals surface area contributed by atoms with E-state index in [-0.39, 0.29) is 18.3 Å². The molecule has 1 saturated heterocycles. The van der Waals surface area contributed by atoms with Crippen LogP contribution in [0.15, 0.2) is 54.6 Å². The highest BCUT2D eigenvalue weighted by molar-refractivity contribution is 5.85. The van der Waals surface area contributed by atoms with Crippen LogP contribution in [0.2, 0.25) is 0 Å². The van der Waals surface area contributed by atoms with Gasteiger partial charge in [0.05, 0.1) is 12.6 Å². The Hall–Kier alpha value is -2.18. The summed E-state index contributed by atoms with van der Waals surface area (Å²) in [7, 11) is 0. The van der Waals surface area contributed by atoms with Crippen LogP contribution in [0.3, 0.4) is 0 Å². The highest BCUT2D eigenvalue weighted by Gasteiger charge is 2.42. The average Bonchev–Trinajstić information content (AvgIpc) is 3.02. The van der Waals surface area contributed by atoms with Gasteiger partial charge in [-0.15, -0.1) is 12.4 Å². The lowest BCUT2D eigenvalue weighted by Crippen LogP contribution is -2.41. The molecule has 0 spiro atoms. The van der Waals surface area contributed by atoms with E-state index in [4.69, 9.17) is 4.74 Å². The molecule has 0 aliphatic carbocycles. The predicted molar refractivity (Wildman–Crippen MR) is 103 cm³/mol. The molecule has 1 aliphatic heterocycles. The molecule has 7 heteroatoms. The molecule has 2 aromatic carbocycles. The van der Waals surface area contributed by atoms with Gasteiger partial charge in [-0.2, -0.15) is 0 Å². The van der Waals surface area contributed by atoms with Gasteiger partial charge in [0.2, 0.25) is 5.91 Å². The second kappa shape index (κ2) is 9.67. The van der Waals surface area contributed by atoms with Crippen molar-refractivity contribution >= 4 is 18.3 Å². The van der Waals surface area contributed by atoms with E-state index in [0.717, 1.165) is 16.9 Å². The van der Waals surface area contributed by atoms with Crippen molar-refractivity contribution < 1.29 is 18.3 Å². The van der Waals surface area contributed by atoms with Crippen molar-refractivity contribution in [1.82, 2.24) is 10.6 Å². The SMILES string of the molecule is Cl.O=C(NCCc1ccc(OCc2ccccc2)cc1)C1CC(F)(F)CN1. The lowest BCUT2D eigenvalue weighted by Gasteiger charge is -2.11. The minimum atomic E-state index is -2.79. The van der Waals surface area contributed by atoms with E-state index in [2.05, 4.69) is 10.6 Å². The second-order valence-corrected chi connectivity index (χ2v) is 6.45. The first kappa shape index (κ1) is 21.1. The highest BCUT2D eigenvalue weighted by atomic mass is 35.5. The number of halogens is 3. The number of hydrogen-bond acceptors (Lipinski definition) is 3. The summed E-state index contributed by atoms with van der Waals surface area (Å²) in [5.74, 6) is -2.39. The van der Waals surface area contributed by atoms with Crippen LogP contribution in [-0.2, 0) is 17.8 Å². The van der Waals surface area contributed by atoms with Crippen LogP contribution in [0.25, 0.3) is 0 Å².